The van der Waals surface area contributed by atoms with Gasteiger partial charge in [0.15, 0.2) is 0 Å². The zero-order valence-electron chi connectivity index (χ0n) is 11.9. The average molecular weight is 234 g/mol. The molecule has 0 unspecified atom stereocenters. The molecule has 96 valence electrons. The summed E-state index contributed by atoms with van der Waals surface area (Å²) >= 11 is 0. The Morgan fingerprint density at radius 2 is 1.82 bits per heavy atom. The van der Waals surface area contributed by atoms with Crippen molar-refractivity contribution >= 4 is 11.4 Å². The molecule has 1 N–H and O–H groups in total. The van der Waals surface area contributed by atoms with E-state index in [0.29, 0.717) is 0 Å². The van der Waals surface area contributed by atoms with Crippen LogP contribution in [0.25, 0.3) is 0 Å². The van der Waals surface area contributed by atoms with Crippen molar-refractivity contribution in [3.8, 4) is 0 Å². The van der Waals surface area contributed by atoms with Crippen LogP contribution in [-0.2, 0) is 0 Å². The van der Waals surface area contributed by atoms with Crippen LogP contribution >= 0.6 is 0 Å². The third-order valence-corrected chi connectivity index (χ3v) is 3.46. The maximum atomic E-state index is 3.56. The zero-order valence-corrected chi connectivity index (χ0v) is 11.9. The van der Waals surface area contributed by atoms with E-state index in [0.717, 1.165) is 12.5 Å². The molecule has 0 aromatic heterocycles. The van der Waals surface area contributed by atoms with E-state index in [4.69, 9.17) is 0 Å². The van der Waals surface area contributed by atoms with Crippen molar-refractivity contribution in [1.82, 2.24) is 0 Å². The molecule has 0 radical (unpaired) electrons. The van der Waals surface area contributed by atoms with E-state index in [2.05, 4.69) is 63.3 Å². The van der Waals surface area contributed by atoms with Crippen molar-refractivity contribution in [1.29, 1.82) is 0 Å². The number of rotatable bonds is 6. The first-order valence-corrected chi connectivity index (χ1v) is 6.60. The van der Waals surface area contributed by atoms with E-state index < -0.39 is 0 Å². The molecular formula is C15H26N2. The predicted octanol–water partition coefficient (Wildman–Crippen LogP) is 3.91. The second-order valence-electron chi connectivity index (χ2n) is 4.96. The summed E-state index contributed by atoms with van der Waals surface area (Å²) in [5.74, 6) is 0.780. The van der Waals surface area contributed by atoms with E-state index >= 15 is 0 Å². The smallest absolute Gasteiger partial charge is 0.0371 e. The van der Waals surface area contributed by atoms with Crippen molar-refractivity contribution in [2.45, 2.75) is 33.6 Å². The number of anilines is 2. The van der Waals surface area contributed by atoms with Crippen molar-refractivity contribution in [2.24, 2.45) is 5.92 Å². The van der Waals surface area contributed by atoms with Gasteiger partial charge < -0.3 is 10.2 Å². The first kappa shape index (κ1) is 13.9. The summed E-state index contributed by atoms with van der Waals surface area (Å²) in [5, 5.41) is 3.56. The molecule has 0 atom stereocenters. The van der Waals surface area contributed by atoms with Crippen LogP contribution in [0.15, 0.2) is 18.2 Å². The van der Waals surface area contributed by atoms with Gasteiger partial charge in [0, 0.05) is 32.0 Å². The molecule has 0 aliphatic heterocycles. The Morgan fingerprint density at radius 1 is 1.18 bits per heavy atom. The van der Waals surface area contributed by atoms with Crippen LogP contribution < -0.4 is 10.2 Å². The third-order valence-electron chi connectivity index (χ3n) is 3.46. The number of benzene rings is 1. The molecule has 0 saturated carbocycles. The lowest BCUT2D eigenvalue weighted by Gasteiger charge is -2.18. The molecule has 2 nitrogen and oxygen atoms in total. The number of aryl methyl sites for hydroxylation is 1. The van der Waals surface area contributed by atoms with Gasteiger partial charge in [-0.15, -0.1) is 0 Å². The number of nitrogens with one attached hydrogen (secondary N) is 1. The largest absolute Gasteiger partial charge is 0.385 e. The first-order valence-electron chi connectivity index (χ1n) is 6.60. The van der Waals surface area contributed by atoms with Crippen molar-refractivity contribution < 1.29 is 0 Å². The summed E-state index contributed by atoms with van der Waals surface area (Å²) in [4.78, 5) is 2.14. The van der Waals surface area contributed by atoms with Crippen LogP contribution in [0.4, 0.5) is 11.4 Å². The fraction of sp³-hybridized carbons (Fsp3) is 0.600. The molecule has 0 heterocycles. The second kappa shape index (κ2) is 6.53. The monoisotopic (exact) mass is 234 g/mol. The van der Waals surface area contributed by atoms with Gasteiger partial charge in [-0.3, -0.25) is 0 Å². The molecule has 2 heteroatoms. The molecule has 0 aliphatic rings. The minimum Gasteiger partial charge on any atom is -0.385 e. The summed E-state index contributed by atoms with van der Waals surface area (Å²) in [6, 6.07) is 6.59. The van der Waals surface area contributed by atoms with E-state index in [9.17, 15) is 0 Å². The molecular weight excluding hydrogens is 208 g/mol. The summed E-state index contributed by atoms with van der Waals surface area (Å²) in [7, 11) is 4.15. The summed E-state index contributed by atoms with van der Waals surface area (Å²) in [5.41, 5.74) is 3.85. The summed E-state index contributed by atoms with van der Waals surface area (Å²) in [6.45, 7) is 7.77. The van der Waals surface area contributed by atoms with E-state index in [1.807, 2.05) is 0 Å². The maximum absolute atomic E-state index is 3.56. The molecule has 0 fully saturated rings. The standard InChI is InChI=1S/C15H26N2/c1-6-13(7-2)11-16-15-9-8-14(17(4)5)10-12(15)3/h8-10,13,16H,6-7,11H2,1-5H3. The first-order chi connectivity index (χ1) is 8.08. The molecule has 0 amide bonds. The molecule has 17 heavy (non-hydrogen) atoms. The zero-order chi connectivity index (χ0) is 12.8. The van der Waals surface area contributed by atoms with E-state index in [-0.39, 0.29) is 0 Å². The van der Waals surface area contributed by atoms with Gasteiger partial charge in [-0.2, -0.15) is 0 Å². The van der Waals surface area contributed by atoms with Gasteiger partial charge in [0.05, 0.1) is 0 Å². The molecule has 0 bridgehead atoms. The van der Waals surface area contributed by atoms with Crippen LogP contribution in [0, 0.1) is 12.8 Å². The Kier molecular flexibility index (Phi) is 5.33. The third kappa shape index (κ3) is 3.95. The summed E-state index contributed by atoms with van der Waals surface area (Å²) in [6.07, 6.45) is 2.50. The van der Waals surface area contributed by atoms with Gasteiger partial charge in [-0.05, 0) is 36.6 Å². The lowest BCUT2D eigenvalue weighted by atomic mass is 10.0. The molecule has 1 aromatic rings. The van der Waals surface area contributed by atoms with Gasteiger partial charge in [0.2, 0.25) is 0 Å². The Balaban J connectivity index is 2.66. The lowest BCUT2D eigenvalue weighted by Crippen LogP contribution is -2.14. The fourth-order valence-corrected chi connectivity index (χ4v) is 1.96. The van der Waals surface area contributed by atoms with Crippen molar-refractivity contribution in [3.05, 3.63) is 23.8 Å². The molecule has 0 spiro atoms. The topological polar surface area (TPSA) is 15.3 Å². The van der Waals surface area contributed by atoms with Crippen LogP contribution in [0.1, 0.15) is 32.3 Å². The highest BCUT2D eigenvalue weighted by Crippen LogP contribution is 2.22. The highest BCUT2D eigenvalue weighted by atomic mass is 15.1. The van der Waals surface area contributed by atoms with Crippen LogP contribution in [0.2, 0.25) is 0 Å². The van der Waals surface area contributed by atoms with Gasteiger partial charge in [0.1, 0.15) is 0 Å². The number of hydrogen-bond donors (Lipinski definition) is 1. The lowest BCUT2D eigenvalue weighted by molar-refractivity contribution is 0.519. The highest BCUT2D eigenvalue weighted by Gasteiger charge is 2.05. The van der Waals surface area contributed by atoms with Gasteiger partial charge in [-0.1, -0.05) is 26.7 Å². The Hall–Kier alpha value is -1.18. The minimum absolute atomic E-state index is 0.780. The Morgan fingerprint density at radius 3 is 2.29 bits per heavy atom. The summed E-state index contributed by atoms with van der Waals surface area (Å²) < 4.78 is 0. The highest BCUT2D eigenvalue weighted by molar-refractivity contribution is 5.59. The van der Waals surface area contributed by atoms with Gasteiger partial charge >= 0.3 is 0 Å². The predicted molar refractivity (Wildman–Crippen MR) is 78.1 cm³/mol. The number of nitrogens with zero attached hydrogens (tertiary/aromatic N) is 1. The average Bonchev–Trinajstić information content (AvgIpc) is 2.31. The Bertz CT molecular complexity index is 341. The maximum Gasteiger partial charge on any atom is 0.0371 e. The van der Waals surface area contributed by atoms with Crippen molar-refractivity contribution in [3.63, 3.8) is 0 Å². The Labute approximate surface area is 106 Å². The van der Waals surface area contributed by atoms with Crippen LogP contribution in [-0.4, -0.2) is 20.6 Å². The van der Waals surface area contributed by atoms with Crippen LogP contribution in [0.5, 0.6) is 0 Å². The normalized spacial score (nSPS) is 10.7. The second-order valence-corrected chi connectivity index (χ2v) is 4.96. The fourth-order valence-electron chi connectivity index (χ4n) is 1.96. The number of hydrogen-bond acceptors (Lipinski definition) is 2. The SMILES string of the molecule is CCC(CC)CNc1ccc(N(C)C)cc1C. The molecule has 1 aromatic carbocycles. The molecule has 1 rings (SSSR count). The van der Waals surface area contributed by atoms with Crippen molar-refractivity contribution in [2.75, 3.05) is 30.9 Å². The van der Waals surface area contributed by atoms with E-state index in [1.165, 1.54) is 29.8 Å². The van der Waals surface area contributed by atoms with Crippen LogP contribution in [0.3, 0.4) is 0 Å². The van der Waals surface area contributed by atoms with E-state index in [1.54, 1.807) is 0 Å². The van der Waals surface area contributed by atoms with Gasteiger partial charge in [-0.25, -0.2) is 0 Å². The molecule has 0 saturated heterocycles. The molecule has 0 aliphatic carbocycles. The quantitative estimate of drug-likeness (QED) is 0.803. The van der Waals surface area contributed by atoms with Gasteiger partial charge in [0.25, 0.3) is 0 Å². The minimum atomic E-state index is 0.780.